The van der Waals surface area contributed by atoms with Crippen molar-refractivity contribution in [2.24, 2.45) is 5.73 Å². The van der Waals surface area contributed by atoms with Crippen LogP contribution in [0.4, 0.5) is 0 Å². The van der Waals surface area contributed by atoms with E-state index >= 15 is 0 Å². The van der Waals surface area contributed by atoms with E-state index in [9.17, 15) is 5.11 Å². The van der Waals surface area contributed by atoms with E-state index in [1.165, 1.54) is 0 Å². The van der Waals surface area contributed by atoms with Crippen LogP contribution in [0, 0.1) is 6.92 Å². The minimum absolute atomic E-state index is 0.178. The number of ether oxygens (including phenoxy) is 1. The van der Waals surface area contributed by atoms with E-state index in [-0.39, 0.29) is 5.75 Å². The summed E-state index contributed by atoms with van der Waals surface area (Å²) in [4.78, 5) is 4.02. The fourth-order valence-corrected chi connectivity index (χ4v) is 1.19. The number of pyridine rings is 1. The van der Waals surface area contributed by atoms with Gasteiger partial charge in [0, 0.05) is 31.0 Å². The van der Waals surface area contributed by atoms with E-state index < -0.39 is 0 Å². The van der Waals surface area contributed by atoms with Crippen LogP contribution in [-0.4, -0.2) is 17.2 Å². The molecule has 4 heteroatoms. The normalized spacial score (nSPS) is 10.4. The first-order valence-electron chi connectivity index (χ1n) is 4.06. The summed E-state index contributed by atoms with van der Waals surface area (Å²) in [5.74, 6) is 0.178. The number of aromatic nitrogens is 1. The predicted molar refractivity (Wildman–Crippen MR) is 49.2 cm³/mol. The van der Waals surface area contributed by atoms with E-state index in [1.54, 1.807) is 20.2 Å². The molecule has 13 heavy (non-hydrogen) atoms. The highest BCUT2D eigenvalue weighted by atomic mass is 16.5. The second kappa shape index (κ2) is 4.20. The van der Waals surface area contributed by atoms with E-state index in [0.29, 0.717) is 24.4 Å². The van der Waals surface area contributed by atoms with Crippen molar-refractivity contribution in [3.05, 3.63) is 23.0 Å². The molecule has 0 fully saturated rings. The van der Waals surface area contributed by atoms with Crippen LogP contribution in [0.25, 0.3) is 0 Å². The van der Waals surface area contributed by atoms with E-state index in [0.717, 1.165) is 5.56 Å². The molecule has 0 aliphatic heterocycles. The minimum atomic E-state index is 0.178. The van der Waals surface area contributed by atoms with Gasteiger partial charge in [0.25, 0.3) is 0 Å². The molecule has 4 nitrogen and oxygen atoms in total. The molecular weight excluding hydrogens is 168 g/mol. The highest BCUT2D eigenvalue weighted by Gasteiger charge is 2.09. The first-order chi connectivity index (χ1) is 6.20. The molecule has 0 unspecified atom stereocenters. The highest BCUT2D eigenvalue weighted by molar-refractivity contribution is 5.40. The zero-order valence-electron chi connectivity index (χ0n) is 7.87. The van der Waals surface area contributed by atoms with Crippen LogP contribution in [0.1, 0.15) is 16.8 Å². The Morgan fingerprint density at radius 2 is 2.31 bits per heavy atom. The first kappa shape index (κ1) is 9.95. The van der Waals surface area contributed by atoms with Gasteiger partial charge in [-0.15, -0.1) is 0 Å². The van der Waals surface area contributed by atoms with Gasteiger partial charge in [-0.2, -0.15) is 0 Å². The summed E-state index contributed by atoms with van der Waals surface area (Å²) in [7, 11) is 1.59. The van der Waals surface area contributed by atoms with Crippen molar-refractivity contribution in [3.63, 3.8) is 0 Å². The summed E-state index contributed by atoms with van der Waals surface area (Å²) >= 11 is 0. The zero-order valence-corrected chi connectivity index (χ0v) is 7.87. The molecule has 0 saturated heterocycles. The van der Waals surface area contributed by atoms with Crippen molar-refractivity contribution < 1.29 is 9.84 Å². The first-order valence-corrected chi connectivity index (χ1v) is 4.06. The summed E-state index contributed by atoms with van der Waals surface area (Å²) in [6.45, 7) is 2.46. The van der Waals surface area contributed by atoms with Crippen LogP contribution in [0.3, 0.4) is 0 Å². The molecule has 0 bridgehead atoms. The molecule has 1 rings (SSSR count). The van der Waals surface area contributed by atoms with Crippen LogP contribution in [0.2, 0.25) is 0 Å². The summed E-state index contributed by atoms with van der Waals surface area (Å²) in [5.41, 5.74) is 7.66. The van der Waals surface area contributed by atoms with Crippen molar-refractivity contribution in [1.29, 1.82) is 0 Å². The molecule has 1 aromatic rings. The summed E-state index contributed by atoms with van der Waals surface area (Å²) in [5, 5.41) is 9.61. The number of rotatable bonds is 3. The van der Waals surface area contributed by atoms with E-state index in [4.69, 9.17) is 10.5 Å². The maximum absolute atomic E-state index is 9.61. The second-order valence-corrected chi connectivity index (χ2v) is 2.83. The number of aryl methyl sites for hydroxylation is 1. The van der Waals surface area contributed by atoms with Gasteiger partial charge in [0.15, 0.2) is 0 Å². The average Bonchev–Trinajstić information content (AvgIpc) is 2.12. The fraction of sp³-hybridized carbons (Fsp3) is 0.444. The van der Waals surface area contributed by atoms with Gasteiger partial charge in [-0.05, 0) is 6.92 Å². The quantitative estimate of drug-likeness (QED) is 0.722. The highest BCUT2D eigenvalue weighted by Crippen LogP contribution is 2.23. The molecule has 0 aromatic carbocycles. The number of hydrogen-bond donors (Lipinski definition) is 2. The monoisotopic (exact) mass is 182 g/mol. The Morgan fingerprint density at radius 3 is 2.85 bits per heavy atom. The molecule has 72 valence electrons. The zero-order chi connectivity index (χ0) is 9.84. The number of aromatic hydroxyl groups is 1. The number of methoxy groups -OCH3 is 1. The molecule has 0 atom stereocenters. The van der Waals surface area contributed by atoms with Gasteiger partial charge in [0.05, 0.1) is 12.3 Å². The Bertz CT molecular complexity index is 300. The Labute approximate surface area is 77.4 Å². The third-order valence-electron chi connectivity index (χ3n) is 1.93. The van der Waals surface area contributed by atoms with Crippen molar-refractivity contribution in [2.75, 3.05) is 7.11 Å². The third-order valence-corrected chi connectivity index (χ3v) is 1.93. The van der Waals surface area contributed by atoms with E-state index in [2.05, 4.69) is 4.98 Å². The summed E-state index contributed by atoms with van der Waals surface area (Å²) in [6, 6.07) is 0. The van der Waals surface area contributed by atoms with Gasteiger partial charge in [0.2, 0.25) is 0 Å². The molecule has 0 radical (unpaired) electrons. The predicted octanol–water partition coefficient (Wildman–Crippen LogP) is 0.701. The van der Waals surface area contributed by atoms with Crippen molar-refractivity contribution >= 4 is 0 Å². The van der Waals surface area contributed by atoms with Crippen LogP contribution >= 0.6 is 0 Å². The molecule has 1 aromatic heterocycles. The molecule has 0 aliphatic carbocycles. The van der Waals surface area contributed by atoms with Crippen LogP contribution in [0.15, 0.2) is 6.20 Å². The lowest BCUT2D eigenvalue weighted by molar-refractivity contribution is 0.183. The largest absolute Gasteiger partial charge is 0.506 e. The molecule has 0 amide bonds. The van der Waals surface area contributed by atoms with Crippen LogP contribution < -0.4 is 5.73 Å². The van der Waals surface area contributed by atoms with Gasteiger partial charge in [-0.1, -0.05) is 0 Å². The molecular formula is C9H14N2O2. The molecule has 0 saturated carbocycles. The average molecular weight is 182 g/mol. The van der Waals surface area contributed by atoms with Gasteiger partial charge < -0.3 is 15.6 Å². The van der Waals surface area contributed by atoms with Crippen LogP contribution in [0.5, 0.6) is 5.75 Å². The summed E-state index contributed by atoms with van der Waals surface area (Å²) < 4.78 is 4.96. The number of hydrogen-bond acceptors (Lipinski definition) is 4. The smallest absolute Gasteiger partial charge is 0.141 e. The third kappa shape index (κ3) is 1.96. The lowest BCUT2D eigenvalue weighted by Crippen LogP contribution is -2.05. The van der Waals surface area contributed by atoms with Gasteiger partial charge in [-0.25, -0.2) is 0 Å². The molecule has 0 aliphatic rings. The molecule has 3 N–H and O–H groups in total. The van der Waals surface area contributed by atoms with Crippen LogP contribution in [-0.2, 0) is 17.9 Å². The van der Waals surface area contributed by atoms with Crippen molar-refractivity contribution in [1.82, 2.24) is 4.98 Å². The number of nitrogens with two attached hydrogens (primary N) is 1. The summed E-state index contributed by atoms with van der Waals surface area (Å²) in [6.07, 6.45) is 1.68. The maximum Gasteiger partial charge on any atom is 0.141 e. The SMILES string of the molecule is COCc1cnc(C)c(O)c1CN. The maximum atomic E-state index is 9.61. The van der Waals surface area contributed by atoms with Gasteiger partial charge in [0.1, 0.15) is 5.75 Å². The second-order valence-electron chi connectivity index (χ2n) is 2.83. The number of nitrogens with zero attached hydrogens (tertiary/aromatic N) is 1. The Hall–Kier alpha value is -1.13. The molecule has 0 spiro atoms. The fourth-order valence-electron chi connectivity index (χ4n) is 1.19. The Kier molecular flexibility index (Phi) is 3.22. The van der Waals surface area contributed by atoms with E-state index in [1.807, 2.05) is 0 Å². The minimum Gasteiger partial charge on any atom is -0.506 e. The van der Waals surface area contributed by atoms with Gasteiger partial charge >= 0.3 is 0 Å². The Morgan fingerprint density at radius 1 is 1.62 bits per heavy atom. The standard InChI is InChI=1S/C9H14N2O2/c1-6-9(12)8(3-10)7(4-11-6)5-13-2/h4,12H,3,5,10H2,1-2H3. The topological polar surface area (TPSA) is 68.4 Å². The lowest BCUT2D eigenvalue weighted by atomic mass is 10.1. The van der Waals surface area contributed by atoms with Crippen molar-refractivity contribution in [3.8, 4) is 5.75 Å². The molecule has 1 heterocycles. The van der Waals surface area contributed by atoms with Gasteiger partial charge in [-0.3, -0.25) is 4.98 Å². The van der Waals surface area contributed by atoms with Crippen molar-refractivity contribution in [2.45, 2.75) is 20.1 Å². The lowest BCUT2D eigenvalue weighted by Gasteiger charge is -2.09. The Balaban J connectivity index is 3.13.